The van der Waals surface area contributed by atoms with E-state index in [1.54, 1.807) is 0 Å². The Hall–Kier alpha value is -0.410. The number of hydrogen-bond acceptors (Lipinski definition) is 3. The van der Waals surface area contributed by atoms with E-state index in [1.807, 2.05) is 20.9 Å². The lowest BCUT2D eigenvalue weighted by atomic mass is 10.0. The molecule has 84 valence electrons. The van der Waals surface area contributed by atoms with Gasteiger partial charge in [0.05, 0.1) is 6.04 Å². The topological polar surface area (TPSA) is 41.1 Å². The van der Waals surface area contributed by atoms with E-state index >= 15 is 0 Å². The maximum absolute atomic E-state index is 11.5. The van der Waals surface area contributed by atoms with E-state index in [0.717, 1.165) is 32.4 Å². The summed E-state index contributed by atoms with van der Waals surface area (Å²) in [7, 11) is 1.96. The molecule has 0 radical (unpaired) electrons. The van der Waals surface area contributed by atoms with Crippen LogP contribution in [0.15, 0.2) is 0 Å². The molecule has 1 unspecified atom stereocenters. The number of unbranched alkanes of at least 4 members (excludes halogenated alkanes) is 1. The molecular formula is C11H24N2O. The van der Waals surface area contributed by atoms with Gasteiger partial charge in [0.15, 0.2) is 0 Å². The van der Waals surface area contributed by atoms with Crippen LogP contribution in [0, 0.1) is 0 Å². The van der Waals surface area contributed by atoms with Crippen molar-refractivity contribution in [1.82, 2.24) is 10.6 Å². The quantitative estimate of drug-likeness (QED) is 0.552. The zero-order chi connectivity index (χ0) is 10.8. The predicted octanol–water partition coefficient (Wildman–Crippen LogP) is 1.33. The van der Waals surface area contributed by atoms with Crippen molar-refractivity contribution in [3.63, 3.8) is 0 Å². The number of carbonyl (C=O) groups is 1. The minimum atomic E-state index is 0.0851. The Morgan fingerprint density at radius 1 is 1.29 bits per heavy atom. The van der Waals surface area contributed by atoms with Crippen LogP contribution in [0.1, 0.15) is 39.5 Å². The molecule has 0 spiro atoms. The minimum absolute atomic E-state index is 0.0851. The van der Waals surface area contributed by atoms with Crippen molar-refractivity contribution < 1.29 is 4.79 Å². The summed E-state index contributed by atoms with van der Waals surface area (Å²) >= 11 is 0. The molecule has 0 saturated heterocycles. The number of ketones is 1. The van der Waals surface area contributed by atoms with Crippen LogP contribution in [-0.4, -0.2) is 32.0 Å². The Labute approximate surface area is 87.6 Å². The van der Waals surface area contributed by atoms with Crippen molar-refractivity contribution in [3.05, 3.63) is 0 Å². The molecule has 3 heteroatoms. The van der Waals surface area contributed by atoms with Gasteiger partial charge in [-0.25, -0.2) is 0 Å². The van der Waals surface area contributed by atoms with Gasteiger partial charge in [0.1, 0.15) is 5.78 Å². The fourth-order valence-electron chi connectivity index (χ4n) is 1.52. The number of hydrogen-bond donors (Lipinski definition) is 2. The second kappa shape index (κ2) is 9.16. The van der Waals surface area contributed by atoms with Gasteiger partial charge in [0.2, 0.25) is 0 Å². The van der Waals surface area contributed by atoms with Crippen molar-refractivity contribution in [2.75, 3.05) is 20.1 Å². The smallest absolute Gasteiger partial charge is 0.149 e. The van der Waals surface area contributed by atoms with Gasteiger partial charge in [0, 0.05) is 6.42 Å². The number of nitrogens with one attached hydrogen (secondary N) is 2. The molecule has 1 atom stereocenters. The second-order valence-corrected chi connectivity index (χ2v) is 3.53. The number of Topliss-reactive ketones (excluding diaryl/α,β-unsaturated/α-hetero) is 1. The monoisotopic (exact) mass is 200 g/mol. The van der Waals surface area contributed by atoms with Gasteiger partial charge in [-0.15, -0.1) is 0 Å². The fourth-order valence-corrected chi connectivity index (χ4v) is 1.52. The Morgan fingerprint density at radius 2 is 2.00 bits per heavy atom. The number of carbonyl (C=O) groups excluding carboxylic acids is 1. The van der Waals surface area contributed by atoms with Gasteiger partial charge in [-0.2, -0.15) is 0 Å². The normalized spacial score (nSPS) is 12.8. The standard InChI is InChI=1S/C11H24N2O/c1-4-11(14)10(13-5-2)8-6-7-9-12-3/h10,12-13H,4-9H2,1-3H3. The third-order valence-electron chi connectivity index (χ3n) is 2.36. The summed E-state index contributed by atoms with van der Waals surface area (Å²) in [5.41, 5.74) is 0. The van der Waals surface area contributed by atoms with Gasteiger partial charge in [-0.1, -0.05) is 20.3 Å². The zero-order valence-corrected chi connectivity index (χ0v) is 9.73. The predicted molar refractivity (Wildman–Crippen MR) is 60.5 cm³/mol. The second-order valence-electron chi connectivity index (χ2n) is 3.53. The van der Waals surface area contributed by atoms with Gasteiger partial charge in [0.25, 0.3) is 0 Å². The van der Waals surface area contributed by atoms with Crippen LogP contribution in [0.5, 0.6) is 0 Å². The first-order chi connectivity index (χ1) is 6.76. The lowest BCUT2D eigenvalue weighted by Gasteiger charge is -2.15. The lowest BCUT2D eigenvalue weighted by Crippen LogP contribution is -2.36. The van der Waals surface area contributed by atoms with Crippen molar-refractivity contribution in [1.29, 1.82) is 0 Å². The molecule has 0 heterocycles. The summed E-state index contributed by atoms with van der Waals surface area (Å²) < 4.78 is 0. The highest BCUT2D eigenvalue weighted by Crippen LogP contribution is 2.03. The van der Waals surface area contributed by atoms with E-state index in [4.69, 9.17) is 0 Å². The first kappa shape index (κ1) is 13.6. The van der Waals surface area contributed by atoms with E-state index in [2.05, 4.69) is 10.6 Å². The van der Waals surface area contributed by atoms with Gasteiger partial charge < -0.3 is 10.6 Å². The molecule has 14 heavy (non-hydrogen) atoms. The molecule has 0 aliphatic heterocycles. The Kier molecular flexibility index (Phi) is 8.89. The average Bonchev–Trinajstić information content (AvgIpc) is 2.21. The molecule has 2 N–H and O–H groups in total. The SMILES string of the molecule is CCNC(CCCCNC)C(=O)CC. The van der Waals surface area contributed by atoms with Crippen LogP contribution in [0.25, 0.3) is 0 Å². The molecule has 0 amide bonds. The van der Waals surface area contributed by atoms with Crippen molar-refractivity contribution in [2.45, 2.75) is 45.6 Å². The maximum atomic E-state index is 11.5. The number of rotatable bonds is 9. The van der Waals surface area contributed by atoms with Crippen LogP contribution in [0.2, 0.25) is 0 Å². The summed E-state index contributed by atoms with van der Waals surface area (Å²) in [5, 5.41) is 6.35. The molecule has 0 aromatic heterocycles. The Morgan fingerprint density at radius 3 is 2.50 bits per heavy atom. The molecule has 0 aliphatic rings. The molecule has 3 nitrogen and oxygen atoms in total. The molecule has 0 fully saturated rings. The molecule has 0 aromatic rings. The minimum Gasteiger partial charge on any atom is -0.320 e. The molecular weight excluding hydrogens is 176 g/mol. The van der Waals surface area contributed by atoms with Crippen LogP contribution >= 0.6 is 0 Å². The highest BCUT2D eigenvalue weighted by atomic mass is 16.1. The molecule has 0 rings (SSSR count). The van der Waals surface area contributed by atoms with Gasteiger partial charge >= 0.3 is 0 Å². The van der Waals surface area contributed by atoms with Crippen LogP contribution < -0.4 is 10.6 Å². The number of likely N-dealkylation sites (N-methyl/N-ethyl adjacent to an activating group) is 1. The molecule has 0 aliphatic carbocycles. The zero-order valence-electron chi connectivity index (χ0n) is 9.73. The van der Waals surface area contributed by atoms with Crippen LogP contribution in [0.3, 0.4) is 0 Å². The third kappa shape index (κ3) is 6.11. The van der Waals surface area contributed by atoms with Crippen molar-refractivity contribution in [2.24, 2.45) is 0 Å². The van der Waals surface area contributed by atoms with E-state index in [1.165, 1.54) is 0 Å². The Bertz CT molecular complexity index is 148. The van der Waals surface area contributed by atoms with Gasteiger partial charge in [-0.05, 0) is 33.0 Å². The average molecular weight is 200 g/mol. The Balaban J connectivity index is 3.67. The van der Waals surface area contributed by atoms with Crippen LogP contribution in [-0.2, 0) is 4.79 Å². The third-order valence-corrected chi connectivity index (χ3v) is 2.36. The van der Waals surface area contributed by atoms with E-state index in [-0.39, 0.29) is 6.04 Å². The van der Waals surface area contributed by atoms with Crippen LogP contribution in [0.4, 0.5) is 0 Å². The first-order valence-corrected chi connectivity index (χ1v) is 5.66. The van der Waals surface area contributed by atoms with E-state index < -0.39 is 0 Å². The molecule has 0 bridgehead atoms. The maximum Gasteiger partial charge on any atom is 0.149 e. The lowest BCUT2D eigenvalue weighted by molar-refractivity contribution is -0.120. The van der Waals surface area contributed by atoms with Crippen molar-refractivity contribution >= 4 is 5.78 Å². The first-order valence-electron chi connectivity index (χ1n) is 5.66. The highest BCUT2D eigenvalue weighted by Gasteiger charge is 2.13. The highest BCUT2D eigenvalue weighted by molar-refractivity contribution is 5.83. The fraction of sp³-hybridized carbons (Fsp3) is 0.909. The largest absolute Gasteiger partial charge is 0.320 e. The summed E-state index contributed by atoms with van der Waals surface area (Å²) in [4.78, 5) is 11.5. The summed E-state index contributed by atoms with van der Waals surface area (Å²) in [6.07, 6.45) is 3.88. The summed E-state index contributed by atoms with van der Waals surface area (Å²) in [6.45, 7) is 5.89. The van der Waals surface area contributed by atoms with E-state index in [0.29, 0.717) is 12.2 Å². The van der Waals surface area contributed by atoms with Crippen molar-refractivity contribution in [3.8, 4) is 0 Å². The molecule has 0 aromatic carbocycles. The summed E-state index contributed by atoms with van der Waals surface area (Å²) in [5.74, 6) is 0.344. The summed E-state index contributed by atoms with van der Waals surface area (Å²) in [6, 6.07) is 0.0851. The molecule has 0 saturated carbocycles. The van der Waals surface area contributed by atoms with Gasteiger partial charge in [-0.3, -0.25) is 4.79 Å². The van der Waals surface area contributed by atoms with E-state index in [9.17, 15) is 4.79 Å².